The number of aromatic nitrogens is 1. The topological polar surface area (TPSA) is 80.8 Å². The van der Waals surface area contributed by atoms with Crippen LogP contribution in [0.3, 0.4) is 0 Å². The van der Waals surface area contributed by atoms with Crippen LogP contribution in [0.2, 0.25) is 0 Å². The molecule has 1 fully saturated rings. The largest absolute Gasteiger partial charge is 0.493 e. The van der Waals surface area contributed by atoms with Crippen molar-refractivity contribution in [2.45, 2.75) is 42.4 Å². The summed E-state index contributed by atoms with van der Waals surface area (Å²) >= 11 is 5.23. The van der Waals surface area contributed by atoms with Gasteiger partial charge in [0.2, 0.25) is 0 Å². The molecule has 3 heterocycles. The Hall–Kier alpha value is -1.35. The Morgan fingerprint density at radius 2 is 2.33 bits per heavy atom. The van der Waals surface area contributed by atoms with E-state index in [1.165, 1.54) is 16.9 Å². The molecule has 2 aliphatic carbocycles. The number of thiazole rings is 1. The van der Waals surface area contributed by atoms with Crippen LogP contribution >= 0.6 is 27.3 Å². The van der Waals surface area contributed by atoms with Gasteiger partial charge in [0.05, 0.1) is 23.8 Å². The first kappa shape index (κ1) is 16.6. The standard InChI is InChI=1S/C19H20BrN3O3S/c1-23-4-3-18-13-8-5-12(23)19(18,24)7-11-14(22-17(21)27-11)16(18)26-15(13)10(25-2)6-9(8)20/h6,12,16,24H,3-5,7H2,1-2H3,(H2,21,22)/t12-,16+,18+,19-/m1/s1. The number of fused-ring (bicyclic) bond motifs is 2. The molecule has 2 bridgehead atoms. The van der Waals surface area contributed by atoms with Gasteiger partial charge in [0.25, 0.3) is 0 Å². The van der Waals surface area contributed by atoms with Crippen LogP contribution < -0.4 is 15.2 Å². The molecular weight excluding hydrogens is 430 g/mol. The van der Waals surface area contributed by atoms with Gasteiger partial charge in [-0.3, -0.25) is 0 Å². The van der Waals surface area contributed by atoms with Crippen LogP contribution in [0, 0.1) is 0 Å². The van der Waals surface area contributed by atoms with E-state index in [2.05, 4.69) is 32.9 Å². The zero-order chi connectivity index (χ0) is 18.7. The van der Waals surface area contributed by atoms with Gasteiger partial charge in [-0.05, 0) is 38.1 Å². The number of hydrogen-bond donors (Lipinski definition) is 2. The van der Waals surface area contributed by atoms with E-state index in [9.17, 15) is 5.11 Å². The van der Waals surface area contributed by atoms with E-state index >= 15 is 0 Å². The molecule has 2 aromatic rings. The Kier molecular flexibility index (Phi) is 3.06. The van der Waals surface area contributed by atoms with Gasteiger partial charge in [0, 0.05) is 27.4 Å². The number of piperidine rings is 1. The van der Waals surface area contributed by atoms with Gasteiger partial charge >= 0.3 is 0 Å². The molecule has 6 rings (SSSR count). The zero-order valence-corrected chi connectivity index (χ0v) is 17.5. The molecule has 1 spiro atoms. The molecule has 1 saturated heterocycles. The number of anilines is 1. The van der Waals surface area contributed by atoms with E-state index in [1.54, 1.807) is 7.11 Å². The molecule has 0 saturated carbocycles. The van der Waals surface area contributed by atoms with Crippen molar-refractivity contribution < 1.29 is 14.6 Å². The zero-order valence-electron chi connectivity index (χ0n) is 15.1. The summed E-state index contributed by atoms with van der Waals surface area (Å²) in [6, 6.07) is 2.01. The number of rotatable bonds is 1. The molecule has 8 heteroatoms. The number of halogens is 1. The fraction of sp³-hybridized carbons (Fsp3) is 0.526. The van der Waals surface area contributed by atoms with Crippen molar-refractivity contribution in [2.75, 3.05) is 26.4 Å². The monoisotopic (exact) mass is 449 g/mol. The summed E-state index contributed by atoms with van der Waals surface area (Å²) in [5, 5.41) is 12.8. The van der Waals surface area contributed by atoms with E-state index in [0.717, 1.165) is 45.7 Å². The lowest BCUT2D eigenvalue weighted by atomic mass is 9.49. The third-order valence-corrected chi connectivity index (χ3v) is 8.79. The molecule has 0 amide bonds. The van der Waals surface area contributed by atoms with Crippen molar-refractivity contribution in [3.05, 3.63) is 32.2 Å². The first-order chi connectivity index (χ1) is 12.9. The van der Waals surface area contributed by atoms with E-state index in [0.29, 0.717) is 17.3 Å². The number of ether oxygens (including phenoxy) is 2. The molecule has 4 atom stereocenters. The molecule has 27 heavy (non-hydrogen) atoms. The Balaban J connectivity index is 1.74. The Labute approximate surface area is 169 Å². The Morgan fingerprint density at radius 1 is 1.52 bits per heavy atom. The summed E-state index contributed by atoms with van der Waals surface area (Å²) in [4.78, 5) is 7.98. The van der Waals surface area contributed by atoms with Crippen LogP contribution in [0.5, 0.6) is 11.5 Å². The first-order valence-corrected chi connectivity index (χ1v) is 10.8. The van der Waals surface area contributed by atoms with Gasteiger partial charge in [-0.2, -0.15) is 0 Å². The van der Waals surface area contributed by atoms with Gasteiger partial charge in [-0.25, -0.2) is 4.98 Å². The first-order valence-electron chi connectivity index (χ1n) is 9.15. The second-order valence-corrected chi connectivity index (χ2v) is 10.1. The summed E-state index contributed by atoms with van der Waals surface area (Å²) < 4.78 is 13.2. The van der Waals surface area contributed by atoms with Crippen LogP contribution in [-0.4, -0.2) is 47.3 Å². The molecule has 142 valence electrons. The summed E-state index contributed by atoms with van der Waals surface area (Å²) in [6.45, 7) is 0.912. The number of nitrogen functional groups attached to an aromatic ring is 1. The summed E-state index contributed by atoms with van der Waals surface area (Å²) in [5.74, 6) is 1.47. The van der Waals surface area contributed by atoms with Gasteiger partial charge in [-0.1, -0.05) is 15.9 Å². The van der Waals surface area contributed by atoms with Crippen LogP contribution in [0.25, 0.3) is 0 Å². The highest BCUT2D eigenvalue weighted by Crippen LogP contribution is 2.69. The minimum absolute atomic E-state index is 0.0250. The molecule has 1 aromatic carbocycles. The third-order valence-electron chi connectivity index (χ3n) is 7.18. The number of hydrogen-bond acceptors (Lipinski definition) is 7. The maximum Gasteiger partial charge on any atom is 0.180 e. The van der Waals surface area contributed by atoms with Gasteiger partial charge in [0.15, 0.2) is 22.7 Å². The van der Waals surface area contributed by atoms with Crippen molar-refractivity contribution >= 4 is 32.4 Å². The maximum atomic E-state index is 12.3. The van der Waals surface area contributed by atoms with E-state index in [-0.39, 0.29) is 12.1 Å². The smallest absolute Gasteiger partial charge is 0.180 e. The van der Waals surface area contributed by atoms with Crippen molar-refractivity contribution in [3.8, 4) is 11.5 Å². The molecule has 1 aromatic heterocycles. The third kappa shape index (κ3) is 1.68. The summed E-state index contributed by atoms with van der Waals surface area (Å²) in [7, 11) is 3.77. The minimum Gasteiger partial charge on any atom is -0.493 e. The SMILES string of the molecule is COc1cc(Br)c2c3c1O[C@H]1c4nc(N)sc4C[C@@]4(O)[C@@H](C2)N(C)CC[C@]314. The second kappa shape index (κ2) is 4.97. The summed E-state index contributed by atoms with van der Waals surface area (Å²) in [5.41, 5.74) is 7.86. The fourth-order valence-corrected chi connectivity index (χ4v) is 7.58. The normalized spacial score (nSPS) is 35.4. The highest BCUT2D eigenvalue weighted by atomic mass is 79.9. The van der Waals surface area contributed by atoms with Gasteiger partial charge < -0.3 is 25.2 Å². The van der Waals surface area contributed by atoms with Crippen LogP contribution in [0.4, 0.5) is 5.13 Å². The molecule has 4 aliphatic rings. The Bertz CT molecular complexity index is 1010. The number of nitrogens with zero attached hydrogens (tertiary/aromatic N) is 2. The van der Waals surface area contributed by atoms with Crippen LogP contribution in [0.1, 0.15) is 34.2 Å². The number of aliphatic hydroxyl groups is 1. The minimum atomic E-state index is -0.916. The summed E-state index contributed by atoms with van der Waals surface area (Å²) in [6.07, 6.45) is 1.84. The lowest BCUT2D eigenvalue weighted by Crippen LogP contribution is -2.73. The highest BCUT2D eigenvalue weighted by Gasteiger charge is 2.73. The molecule has 6 nitrogen and oxygen atoms in total. The fourth-order valence-electron chi connectivity index (χ4n) is 6.06. The van der Waals surface area contributed by atoms with Gasteiger partial charge in [-0.15, -0.1) is 11.3 Å². The quantitative estimate of drug-likeness (QED) is 0.695. The number of methoxy groups -OCH3 is 1. The number of benzene rings is 1. The molecule has 0 unspecified atom stereocenters. The van der Waals surface area contributed by atoms with Crippen LogP contribution in [-0.2, 0) is 18.3 Å². The number of nitrogens with two attached hydrogens (primary N) is 1. The molecule has 2 aliphatic heterocycles. The molecule has 3 N–H and O–H groups in total. The average molecular weight is 450 g/mol. The average Bonchev–Trinajstić information content (AvgIpc) is 3.15. The Morgan fingerprint density at radius 3 is 3.11 bits per heavy atom. The van der Waals surface area contributed by atoms with Crippen molar-refractivity contribution in [1.29, 1.82) is 0 Å². The van der Waals surface area contributed by atoms with Gasteiger partial charge in [0.1, 0.15) is 0 Å². The second-order valence-electron chi connectivity index (χ2n) is 8.12. The number of likely N-dealkylation sites (tertiary alicyclic amines) is 1. The predicted octanol–water partition coefficient (Wildman–Crippen LogP) is 2.42. The van der Waals surface area contributed by atoms with Crippen molar-refractivity contribution in [3.63, 3.8) is 0 Å². The molecule has 0 radical (unpaired) electrons. The predicted molar refractivity (Wildman–Crippen MR) is 106 cm³/mol. The highest BCUT2D eigenvalue weighted by molar-refractivity contribution is 9.10. The van der Waals surface area contributed by atoms with E-state index < -0.39 is 11.0 Å². The molecular formula is C19H20BrN3O3S. The van der Waals surface area contributed by atoms with E-state index in [4.69, 9.17) is 15.2 Å². The van der Waals surface area contributed by atoms with Crippen molar-refractivity contribution in [1.82, 2.24) is 9.88 Å². The van der Waals surface area contributed by atoms with Crippen molar-refractivity contribution in [2.24, 2.45) is 0 Å². The maximum absolute atomic E-state index is 12.3. The van der Waals surface area contributed by atoms with Crippen LogP contribution in [0.15, 0.2) is 10.5 Å². The number of likely N-dealkylation sites (N-methyl/N-ethyl adjacent to an activating group) is 1. The van der Waals surface area contributed by atoms with E-state index in [1.807, 2.05) is 6.07 Å². The lowest BCUT2D eigenvalue weighted by Gasteiger charge is -2.61. The lowest BCUT2D eigenvalue weighted by molar-refractivity contribution is -0.167.